The molecule has 0 saturated carbocycles. The SMILES string of the molecule is C=C(C)c1nc(CO[Si](C)(C)C(C)(C)C)cs1. The highest BCUT2D eigenvalue weighted by Gasteiger charge is 2.37. The van der Waals surface area contributed by atoms with E-state index >= 15 is 0 Å². The topological polar surface area (TPSA) is 22.1 Å². The molecule has 0 N–H and O–H groups in total. The molecule has 0 spiro atoms. The number of hydrogen-bond donors (Lipinski definition) is 0. The number of hydrogen-bond acceptors (Lipinski definition) is 3. The van der Waals surface area contributed by atoms with Gasteiger partial charge in [0.1, 0.15) is 5.01 Å². The van der Waals surface area contributed by atoms with Crippen molar-refractivity contribution in [2.45, 2.75) is 52.4 Å². The van der Waals surface area contributed by atoms with Crippen LogP contribution >= 0.6 is 11.3 Å². The Morgan fingerprint density at radius 1 is 1.47 bits per heavy atom. The largest absolute Gasteiger partial charge is 0.411 e. The first-order valence-electron chi connectivity index (χ1n) is 5.88. The molecule has 1 aromatic rings. The Hall–Kier alpha value is -0.453. The van der Waals surface area contributed by atoms with Crippen LogP contribution in [0.5, 0.6) is 0 Å². The molecule has 0 fully saturated rings. The van der Waals surface area contributed by atoms with Gasteiger partial charge in [-0.1, -0.05) is 27.4 Å². The minimum atomic E-state index is -1.66. The van der Waals surface area contributed by atoms with Crippen molar-refractivity contribution in [3.63, 3.8) is 0 Å². The zero-order valence-electron chi connectivity index (χ0n) is 11.8. The smallest absolute Gasteiger partial charge is 0.192 e. The van der Waals surface area contributed by atoms with Gasteiger partial charge in [0.05, 0.1) is 12.3 Å². The fraction of sp³-hybridized carbons (Fsp3) is 0.615. The zero-order valence-corrected chi connectivity index (χ0v) is 13.6. The van der Waals surface area contributed by atoms with Gasteiger partial charge in [0.25, 0.3) is 0 Å². The van der Waals surface area contributed by atoms with Crippen LogP contribution in [0.15, 0.2) is 12.0 Å². The van der Waals surface area contributed by atoms with Gasteiger partial charge in [0.15, 0.2) is 8.32 Å². The standard InChI is InChI=1S/C13H23NOSSi/c1-10(2)12-14-11(9-16-12)8-15-17(6,7)13(3,4)5/h9H,1,8H2,2-7H3. The first-order valence-corrected chi connectivity index (χ1v) is 9.66. The maximum absolute atomic E-state index is 6.13. The highest BCUT2D eigenvalue weighted by atomic mass is 32.1. The predicted molar refractivity (Wildman–Crippen MR) is 78.8 cm³/mol. The number of rotatable bonds is 4. The first-order chi connectivity index (χ1) is 7.63. The van der Waals surface area contributed by atoms with E-state index < -0.39 is 8.32 Å². The summed E-state index contributed by atoms with van der Waals surface area (Å²) in [5.41, 5.74) is 2.05. The third-order valence-electron chi connectivity index (χ3n) is 3.30. The summed E-state index contributed by atoms with van der Waals surface area (Å²) in [4.78, 5) is 4.51. The van der Waals surface area contributed by atoms with Crippen LogP contribution < -0.4 is 0 Å². The van der Waals surface area contributed by atoms with Crippen LogP contribution in [0.25, 0.3) is 5.57 Å². The number of thiazole rings is 1. The Bertz CT molecular complexity index is 404. The molecule has 1 rings (SSSR count). The lowest BCUT2D eigenvalue weighted by Crippen LogP contribution is -2.40. The second kappa shape index (κ2) is 5.04. The second-order valence-corrected chi connectivity index (χ2v) is 11.6. The summed E-state index contributed by atoms with van der Waals surface area (Å²) < 4.78 is 6.13. The summed E-state index contributed by atoms with van der Waals surface area (Å²) >= 11 is 1.64. The van der Waals surface area contributed by atoms with Gasteiger partial charge in [-0.3, -0.25) is 0 Å². The summed E-state index contributed by atoms with van der Waals surface area (Å²) in [5, 5.41) is 3.33. The third-order valence-corrected chi connectivity index (χ3v) is 8.84. The quantitative estimate of drug-likeness (QED) is 0.739. The van der Waals surface area contributed by atoms with Gasteiger partial charge in [0.2, 0.25) is 0 Å². The number of aromatic nitrogens is 1. The van der Waals surface area contributed by atoms with Gasteiger partial charge in [-0.25, -0.2) is 4.98 Å². The Labute approximate surface area is 110 Å². The van der Waals surface area contributed by atoms with E-state index in [1.807, 2.05) is 6.92 Å². The molecule has 0 saturated heterocycles. The van der Waals surface area contributed by atoms with Gasteiger partial charge in [-0.2, -0.15) is 0 Å². The van der Waals surface area contributed by atoms with Crippen LogP contribution in [-0.2, 0) is 11.0 Å². The Kier molecular flexibility index (Phi) is 4.33. The summed E-state index contributed by atoms with van der Waals surface area (Å²) in [6, 6.07) is 0. The van der Waals surface area contributed by atoms with E-state index in [-0.39, 0.29) is 5.04 Å². The molecule has 0 radical (unpaired) electrons. The van der Waals surface area contributed by atoms with Crippen LogP contribution in [-0.4, -0.2) is 13.3 Å². The molecule has 4 heteroatoms. The minimum absolute atomic E-state index is 0.250. The molecule has 0 aliphatic rings. The van der Waals surface area contributed by atoms with Crippen molar-refractivity contribution in [2.24, 2.45) is 0 Å². The van der Waals surface area contributed by atoms with Gasteiger partial charge in [0, 0.05) is 5.38 Å². The van der Waals surface area contributed by atoms with E-state index in [9.17, 15) is 0 Å². The lowest BCUT2D eigenvalue weighted by Gasteiger charge is -2.35. The molecule has 0 atom stereocenters. The monoisotopic (exact) mass is 269 g/mol. The van der Waals surface area contributed by atoms with Crippen molar-refractivity contribution in [1.82, 2.24) is 4.98 Å². The van der Waals surface area contributed by atoms with Crippen LogP contribution in [0.1, 0.15) is 38.4 Å². The van der Waals surface area contributed by atoms with Crippen LogP contribution in [0, 0.1) is 0 Å². The van der Waals surface area contributed by atoms with E-state index in [0.717, 1.165) is 16.3 Å². The molecule has 17 heavy (non-hydrogen) atoms. The van der Waals surface area contributed by atoms with Crippen molar-refractivity contribution >= 4 is 25.2 Å². The lowest BCUT2D eigenvalue weighted by molar-refractivity contribution is 0.272. The normalized spacial score (nSPS) is 12.8. The molecule has 0 aliphatic carbocycles. The molecule has 0 aliphatic heterocycles. The fourth-order valence-corrected chi connectivity index (χ4v) is 2.72. The third kappa shape index (κ3) is 3.76. The van der Waals surface area contributed by atoms with Crippen molar-refractivity contribution in [2.75, 3.05) is 0 Å². The predicted octanol–water partition coefficient (Wildman–Crippen LogP) is 4.70. The highest BCUT2D eigenvalue weighted by Crippen LogP contribution is 2.37. The minimum Gasteiger partial charge on any atom is -0.411 e. The van der Waals surface area contributed by atoms with Crippen LogP contribution in [0.2, 0.25) is 18.1 Å². The zero-order chi connectivity index (χ0) is 13.3. The van der Waals surface area contributed by atoms with E-state index in [1.54, 1.807) is 11.3 Å². The number of allylic oxidation sites excluding steroid dienone is 1. The maximum atomic E-state index is 6.13. The molecule has 0 amide bonds. The summed E-state index contributed by atoms with van der Waals surface area (Å²) in [6.07, 6.45) is 0. The summed E-state index contributed by atoms with van der Waals surface area (Å²) in [7, 11) is -1.66. The lowest BCUT2D eigenvalue weighted by atomic mass is 10.2. The number of nitrogens with zero attached hydrogens (tertiary/aromatic N) is 1. The van der Waals surface area contributed by atoms with Crippen LogP contribution in [0.3, 0.4) is 0 Å². The fourth-order valence-electron chi connectivity index (χ4n) is 1.04. The first kappa shape index (κ1) is 14.6. The van der Waals surface area contributed by atoms with Crippen molar-refractivity contribution in [3.8, 4) is 0 Å². The van der Waals surface area contributed by atoms with Crippen molar-refractivity contribution < 1.29 is 4.43 Å². The Morgan fingerprint density at radius 2 is 2.06 bits per heavy atom. The molecule has 1 aromatic heterocycles. The van der Waals surface area contributed by atoms with Gasteiger partial charge in [-0.15, -0.1) is 11.3 Å². The van der Waals surface area contributed by atoms with Crippen molar-refractivity contribution in [3.05, 3.63) is 22.7 Å². The maximum Gasteiger partial charge on any atom is 0.192 e. The van der Waals surface area contributed by atoms with Crippen LogP contribution in [0.4, 0.5) is 0 Å². The van der Waals surface area contributed by atoms with Gasteiger partial charge >= 0.3 is 0 Å². The highest BCUT2D eigenvalue weighted by molar-refractivity contribution is 7.10. The van der Waals surface area contributed by atoms with Gasteiger partial charge in [-0.05, 0) is 30.6 Å². The van der Waals surface area contributed by atoms with E-state index in [1.165, 1.54) is 0 Å². The van der Waals surface area contributed by atoms with Crippen molar-refractivity contribution in [1.29, 1.82) is 0 Å². The molecule has 0 unspecified atom stereocenters. The van der Waals surface area contributed by atoms with Gasteiger partial charge < -0.3 is 4.43 Å². The van der Waals surface area contributed by atoms with E-state index in [2.05, 4.69) is 50.8 Å². The molecular weight excluding hydrogens is 246 g/mol. The Morgan fingerprint density at radius 3 is 2.47 bits per heavy atom. The molecule has 1 heterocycles. The second-order valence-electron chi connectivity index (χ2n) is 5.97. The van der Waals surface area contributed by atoms with E-state index in [0.29, 0.717) is 6.61 Å². The average molecular weight is 269 g/mol. The Balaban J connectivity index is 2.64. The summed E-state index contributed by atoms with van der Waals surface area (Å²) in [6.45, 7) is 17.8. The molecule has 0 bridgehead atoms. The summed E-state index contributed by atoms with van der Waals surface area (Å²) in [5.74, 6) is 0. The molecule has 2 nitrogen and oxygen atoms in total. The van der Waals surface area contributed by atoms with E-state index in [4.69, 9.17) is 4.43 Å². The average Bonchev–Trinajstić information content (AvgIpc) is 2.61. The molecule has 96 valence electrons. The molecule has 0 aromatic carbocycles. The molecular formula is C13H23NOSSi.